The van der Waals surface area contributed by atoms with E-state index in [1.54, 1.807) is 0 Å². The summed E-state index contributed by atoms with van der Waals surface area (Å²) in [7, 11) is 0. The monoisotopic (exact) mass is 334 g/mol. The van der Waals surface area contributed by atoms with Crippen LogP contribution in [0.1, 0.15) is 11.1 Å². The van der Waals surface area contributed by atoms with Gasteiger partial charge < -0.3 is 4.74 Å². The number of benzene rings is 2. The Balaban J connectivity index is 1.61. The molecular weight excluding hydrogens is 320 g/mol. The molecule has 19 heavy (non-hydrogen) atoms. The largest absolute Gasteiger partial charge is 0.492 e. The van der Waals surface area contributed by atoms with E-state index in [2.05, 4.69) is 53.2 Å². The zero-order chi connectivity index (χ0) is 13.2. The van der Waals surface area contributed by atoms with Gasteiger partial charge in [-0.05, 0) is 48.7 Å². The van der Waals surface area contributed by atoms with E-state index in [9.17, 15) is 0 Å². The number of hydrogen-bond acceptors (Lipinski definition) is 2. The molecule has 3 rings (SSSR count). The van der Waals surface area contributed by atoms with Crippen molar-refractivity contribution >= 4 is 27.7 Å². The highest BCUT2D eigenvalue weighted by Gasteiger charge is 2.22. The number of aryl methyl sites for hydroxylation is 1. The maximum Gasteiger partial charge on any atom is 0.119 e. The van der Waals surface area contributed by atoms with Crippen molar-refractivity contribution in [3.63, 3.8) is 0 Å². The van der Waals surface area contributed by atoms with Crippen molar-refractivity contribution in [1.29, 1.82) is 0 Å². The molecule has 1 unspecified atom stereocenters. The second kappa shape index (κ2) is 5.59. The molecular formula is C16H15BrOS. The Morgan fingerprint density at radius 2 is 2.11 bits per heavy atom. The lowest BCUT2D eigenvalue weighted by molar-refractivity contribution is 0.317. The van der Waals surface area contributed by atoms with Gasteiger partial charge in [-0.15, -0.1) is 11.8 Å². The van der Waals surface area contributed by atoms with E-state index in [0.717, 1.165) is 23.2 Å². The van der Waals surface area contributed by atoms with Gasteiger partial charge in [0.05, 0.1) is 0 Å². The minimum Gasteiger partial charge on any atom is -0.492 e. The van der Waals surface area contributed by atoms with Gasteiger partial charge in [-0.2, -0.15) is 0 Å². The number of hydrogen-bond donors (Lipinski definition) is 0. The van der Waals surface area contributed by atoms with Gasteiger partial charge in [-0.25, -0.2) is 0 Å². The van der Waals surface area contributed by atoms with Crippen LogP contribution in [0.4, 0.5) is 0 Å². The third-order valence-electron chi connectivity index (χ3n) is 3.28. The Labute approximate surface area is 126 Å². The third kappa shape index (κ3) is 2.98. The topological polar surface area (TPSA) is 9.23 Å². The number of rotatable bonds is 3. The molecule has 0 N–H and O–H groups in total. The maximum absolute atomic E-state index is 5.92. The van der Waals surface area contributed by atoms with Crippen LogP contribution in [-0.4, -0.2) is 11.9 Å². The molecule has 2 aromatic carbocycles. The summed E-state index contributed by atoms with van der Waals surface area (Å²) in [5, 5.41) is 0.529. The predicted octanol–water partition coefficient (Wildman–Crippen LogP) is 4.85. The second-order valence-electron chi connectivity index (χ2n) is 4.77. The number of ether oxygens (including phenoxy) is 1. The van der Waals surface area contributed by atoms with Crippen molar-refractivity contribution in [3.8, 4) is 5.75 Å². The molecule has 1 aliphatic heterocycles. The summed E-state index contributed by atoms with van der Waals surface area (Å²) in [6.07, 6.45) is 1.11. The second-order valence-corrected chi connectivity index (χ2v) is 6.97. The Morgan fingerprint density at radius 3 is 2.89 bits per heavy atom. The van der Waals surface area contributed by atoms with Crippen LogP contribution in [0.2, 0.25) is 0 Å². The molecule has 0 fully saturated rings. The van der Waals surface area contributed by atoms with Gasteiger partial charge in [0.25, 0.3) is 0 Å². The predicted molar refractivity (Wildman–Crippen MR) is 84.2 cm³/mol. The van der Waals surface area contributed by atoms with E-state index in [1.807, 2.05) is 23.9 Å². The van der Waals surface area contributed by atoms with Gasteiger partial charge in [0.2, 0.25) is 0 Å². The zero-order valence-electron chi connectivity index (χ0n) is 10.7. The zero-order valence-corrected chi connectivity index (χ0v) is 13.1. The minimum absolute atomic E-state index is 0.529. The Hall–Kier alpha value is -0.930. The summed E-state index contributed by atoms with van der Waals surface area (Å²) in [5.74, 6) is 0.956. The van der Waals surface area contributed by atoms with Gasteiger partial charge >= 0.3 is 0 Å². The first-order valence-electron chi connectivity index (χ1n) is 6.36. The van der Waals surface area contributed by atoms with Crippen LogP contribution in [0, 0.1) is 6.92 Å². The molecule has 0 aromatic heterocycles. The molecule has 0 radical (unpaired) electrons. The summed E-state index contributed by atoms with van der Waals surface area (Å²) >= 11 is 5.44. The molecule has 0 bridgehead atoms. The van der Waals surface area contributed by atoms with Gasteiger partial charge in [0, 0.05) is 14.6 Å². The van der Waals surface area contributed by atoms with E-state index in [1.165, 1.54) is 16.0 Å². The van der Waals surface area contributed by atoms with Gasteiger partial charge in [0.1, 0.15) is 12.4 Å². The molecule has 1 aliphatic rings. The van der Waals surface area contributed by atoms with Crippen molar-refractivity contribution in [3.05, 3.63) is 58.1 Å². The molecule has 3 heteroatoms. The van der Waals surface area contributed by atoms with Crippen molar-refractivity contribution in [2.45, 2.75) is 23.5 Å². The highest BCUT2D eigenvalue weighted by Crippen LogP contribution is 2.37. The minimum atomic E-state index is 0.529. The smallest absolute Gasteiger partial charge is 0.119 e. The summed E-state index contributed by atoms with van der Waals surface area (Å²) < 4.78 is 7.04. The third-order valence-corrected chi connectivity index (χ3v) is 5.46. The number of fused-ring (bicyclic) bond motifs is 1. The number of thioether (sulfide) groups is 1. The molecule has 0 saturated heterocycles. The van der Waals surface area contributed by atoms with Crippen LogP contribution in [0.15, 0.2) is 51.8 Å². The molecule has 0 amide bonds. The lowest BCUT2D eigenvalue weighted by Crippen LogP contribution is -2.13. The van der Waals surface area contributed by atoms with Gasteiger partial charge in [0.15, 0.2) is 0 Å². The highest BCUT2D eigenvalue weighted by atomic mass is 79.9. The van der Waals surface area contributed by atoms with Crippen molar-refractivity contribution in [2.75, 3.05) is 6.61 Å². The highest BCUT2D eigenvalue weighted by molar-refractivity contribution is 9.10. The van der Waals surface area contributed by atoms with Crippen molar-refractivity contribution in [1.82, 2.24) is 0 Å². The Bertz CT molecular complexity index is 572. The fraction of sp³-hybridized carbons (Fsp3) is 0.250. The SMILES string of the molecule is Cc1cc(OCC2Cc3ccccc3S2)ccc1Br. The lowest BCUT2D eigenvalue weighted by atomic mass is 10.1. The fourth-order valence-electron chi connectivity index (χ4n) is 2.24. The van der Waals surface area contributed by atoms with Crippen LogP contribution in [0.3, 0.4) is 0 Å². The molecule has 1 atom stereocenters. The first kappa shape index (κ1) is 13.1. The van der Waals surface area contributed by atoms with Crippen LogP contribution >= 0.6 is 27.7 Å². The summed E-state index contributed by atoms with van der Waals surface area (Å²) in [5.41, 5.74) is 2.66. The van der Waals surface area contributed by atoms with E-state index >= 15 is 0 Å². The van der Waals surface area contributed by atoms with E-state index in [4.69, 9.17) is 4.74 Å². The van der Waals surface area contributed by atoms with Gasteiger partial charge in [-0.1, -0.05) is 34.1 Å². The maximum atomic E-state index is 5.92. The molecule has 0 aliphatic carbocycles. The van der Waals surface area contributed by atoms with E-state index in [-0.39, 0.29) is 0 Å². The molecule has 1 heterocycles. The average molecular weight is 335 g/mol. The van der Waals surface area contributed by atoms with Crippen LogP contribution in [0.25, 0.3) is 0 Å². The van der Waals surface area contributed by atoms with Crippen molar-refractivity contribution in [2.24, 2.45) is 0 Å². The first-order chi connectivity index (χ1) is 9.22. The molecule has 98 valence electrons. The summed E-state index contributed by atoms with van der Waals surface area (Å²) in [4.78, 5) is 1.41. The Kier molecular flexibility index (Phi) is 3.85. The molecule has 0 saturated carbocycles. The van der Waals surface area contributed by atoms with Gasteiger partial charge in [-0.3, -0.25) is 0 Å². The van der Waals surface area contributed by atoms with Crippen molar-refractivity contribution < 1.29 is 4.74 Å². The first-order valence-corrected chi connectivity index (χ1v) is 8.03. The molecule has 1 nitrogen and oxygen atoms in total. The quantitative estimate of drug-likeness (QED) is 0.793. The van der Waals surface area contributed by atoms with Crippen LogP contribution in [-0.2, 0) is 6.42 Å². The standard InChI is InChI=1S/C16H15BrOS/c1-11-8-13(6-7-15(11)17)18-10-14-9-12-4-2-3-5-16(12)19-14/h2-8,14H,9-10H2,1H3. The number of halogens is 1. The van der Waals surface area contributed by atoms with Crippen LogP contribution < -0.4 is 4.74 Å². The summed E-state index contributed by atoms with van der Waals surface area (Å²) in [6.45, 7) is 2.84. The van der Waals surface area contributed by atoms with E-state index < -0.39 is 0 Å². The average Bonchev–Trinajstić information content (AvgIpc) is 2.83. The Morgan fingerprint density at radius 1 is 1.26 bits per heavy atom. The van der Waals surface area contributed by atoms with Crippen LogP contribution in [0.5, 0.6) is 5.75 Å². The normalized spacial score (nSPS) is 17.3. The molecule has 0 spiro atoms. The fourth-order valence-corrected chi connectivity index (χ4v) is 3.71. The lowest BCUT2D eigenvalue weighted by Gasteiger charge is -2.11. The van der Waals surface area contributed by atoms with E-state index in [0.29, 0.717) is 5.25 Å². The molecule has 2 aromatic rings. The summed E-state index contributed by atoms with van der Waals surface area (Å²) in [6, 6.07) is 14.8.